The molecule has 3 aliphatic heterocycles. The van der Waals surface area contributed by atoms with Crippen LogP contribution in [0.5, 0.6) is 11.5 Å². The smallest absolute Gasteiger partial charge is 0.414 e. The summed E-state index contributed by atoms with van der Waals surface area (Å²) < 4.78 is 18.1. The Hall–Kier alpha value is -4.51. The molecule has 2 bridgehead atoms. The van der Waals surface area contributed by atoms with Crippen LogP contribution in [-0.2, 0) is 17.7 Å². The molecule has 4 heterocycles. The lowest BCUT2D eigenvalue weighted by atomic mass is 9.80. The van der Waals surface area contributed by atoms with E-state index in [2.05, 4.69) is 4.90 Å². The predicted molar refractivity (Wildman–Crippen MR) is 184 cm³/mol. The monoisotopic (exact) mass is 706 g/mol. The molecule has 3 aliphatic rings. The van der Waals surface area contributed by atoms with Crippen LogP contribution in [0.1, 0.15) is 51.4 Å². The lowest BCUT2D eigenvalue weighted by molar-refractivity contribution is -0.904. The van der Waals surface area contributed by atoms with E-state index in [4.69, 9.17) is 37.4 Å². The number of para-hydroxylation sites is 1. The van der Waals surface area contributed by atoms with Crippen LogP contribution < -0.4 is 19.1 Å². The Morgan fingerprint density at radius 1 is 0.959 bits per heavy atom. The molecule has 0 unspecified atom stereocenters. The summed E-state index contributed by atoms with van der Waals surface area (Å²) in [6, 6.07) is 19.6. The molecule has 0 saturated carbocycles. The van der Waals surface area contributed by atoms with Crippen LogP contribution in [0.2, 0.25) is 10.0 Å². The standard InChI is InChI=1S/C37H37Cl2N3O7/c1-47-32-12-11-24(17-33(32)48-2)28(18-29-30(38)20-41(46)21-31(29)39)35-25(7-6-10-27(35)36(43)44)19-42(26-8-4-3-5-9-26)37(45)49-34-22-40-15-13-23(34)14-16-40/h3-12,17,20-21,23,28,34H,13-16,18-19,22H2,1-2H3,(H-,43,44,46)/p+1/t28-,34+/m1/s1. The molecular formula is C37H38Cl2N3O7+. The number of carbonyl (C=O) groups excluding carboxylic acids is 1. The Morgan fingerprint density at radius 2 is 1.65 bits per heavy atom. The van der Waals surface area contributed by atoms with E-state index in [1.807, 2.05) is 42.5 Å². The van der Waals surface area contributed by atoms with E-state index in [1.54, 1.807) is 29.2 Å². The quantitative estimate of drug-likeness (QED) is 0.129. The Bertz CT molecular complexity index is 1810. The number of methoxy groups -OCH3 is 2. The summed E-state index contributed by atoms with van der Waals surface area (Å²) in [7, 11) is 3.06. The number of hydrogen-bond donors (Lipinski definition) is 2. The average molecular weight is 708 g/mol. The van der Waals surface area contributed by atoms with Gasteiger partial charge in [0.15, 0.2) is 11.5 Å². The molecule has 1 aromatic heterocycles. The topological polar surface area (TPSA) is 113 Å². The number of halogens is 2. The largest absolute Gasteiger partial charge is 0.493 e. The summed E-state index contributed by atoms with van der Waals surface area (Å²) in [5.74, 6) is -0.529. The van der Waals surface area contributed by atoms with Crippen molar-refractivity contribution in [3.63, 3.8) is 0 Å². The molecule has 3 fully saturated rings. The van der Waals surface area contributed by atoms with Crippen molar-refractivity contribution in [3.8, 4) is 11.5 Å². The van der Waals surface area contributed by atoms with Gasteiger partial charge in [-0.2, -0.15) is 0 Å². The summed E-state index contributed by atoms with van der Waals surface area (Å²) in [4.78, 5) is 30.9. The number of carbonyl (C=O) groups is 2. The van der Waals surface area contributed by atoms with Gasteiger partial charge in [0.05, 0.1) is 26.3 Å². The summed E-state index contributed by atoms with van der Waals surface area (Å²) in [5, 5.41) is 21.0. The maximum Gasteiger partial charge on any atom is 0.414 e. The molecule has 0 radical (unpaired) electrons. The van der Waals surface area contributed by atoms with Crippen LogP contribution in [-0.4, -0.2) is 67.2 Å². The average Bonchev–Trinajstić information content (AvgIpc) is 3.11. The second-order valence-electron chi connectivity index (χ2n) is 12.3. The summed E-state index contributed by atoms with van der Waals surface area (Å²) in [5.41, 5.74) is 2.92. The number of pyridine rings is 1. The maximum atomic E-state index is 14.1. The number of hydrogen-bond acceptors (Lipinski definition) is 7. The summed E-state index contributed by atoms with van der Waals surface area (Å²) >= 11 is 13.3. The van der Waals surface area contributed by atoms with Crippen LogP contribution in [0.4, 0.5) is 10.5 Å². The highest BCUT2D eigenvalue weighted by atomic mass is 35.5. The lowest BCUT2D eigenvalue weighted by Crippen LogP contribution is -2.53. The minimum Gasteiger partial charge on any atom is -0.493 e. The normalized spacial score (nSPS) is 18.8. The molecular weight excluding hydrogens is 669 g/mol. The number of aromatic nitrogens is 1. The third-order valence-electron chi connectivity index (χ3n) is 9.53. The van der Waals surface area contributed by atoms with Gasteiger partial charge in [-0.05, 0) is 85.3 Å². The van der Waals surface area contributed by atoms with E-state index in [0.717, 1.165) is 30.7 Å². The molecule has 3 aromatic carbocycles. The van der Waals surface area contributed by atoms with Crippen molar-refractivity contribution in [1.82, 2.24) is 4.90 Å². The highest BCUT2D eigenvalue weighted by molar-refractivity contribution is 6.35. The first-order chi connectivity index (χ1) is 23.7. The number of aromatic carboxylic acids is 1. The van der Waals surface area contributed by atoms with Crippen LogP contribution in [0.25, 0.3) is 0 Å². The molecule has 12 heteroatoms. The number of carboxylic acid groups (broad SMARTS) is 1. The van der Waals surface area contributed by atoms with Crippen molar-refractivity contribution >= 4 is 41.0 Å². The molecule has 256 valence electrons. The molecule has 3 saturated heterocycles. The highest BCUT2D eigenvalue weighted by Gasteiger charge is 2.38. The van der Waals surface area contributed by atoms with Crippen molar-refractivity contribution in [2.45, 2.75) is 37.8 Å². The van der Waals surface area contributed by atoms with Gasteiger partial charge in [-0.15, -0.1) is 0 Å². The number of nitrogens with zero attached hydrogens (tertiary/aromatic N) is 3. The Morgan fingerprint density at radius 3 is 2.27 bits per heavy atom. The van der Waals surface area contributed by atoms with E-state index in [0.29, 0.717) is 51.9 Å². The van der Waals surface area contributed by atoms with Gasteiger partial charge in [0.1, 0.15) is 16.1 Å². The Labute approximate surface area is 294 Å². The van der Waals surface area contributed by atoms with Crippen molar-refractivity contribution in [2.24, 2.45) is 5.92 Å². The molecule has 2 N–H and O–H groups in total. The molecule has 4 aromatic rings. The molecule has 1 amide bonds. The van der Waals surface area contributed by atoms with Crippen LogP contribution in [0, 0.1) is 5.92 Å². The minimum absolute atomic E-state index is 0.0249. The van der Waals surface area contributed by atoms with E-state index >= 15 is 0 Å². The minimum atomic E-state index is -1.14. The van der Waals surface area contributed by atoms with Crippen molar-refractivity contribution < 1.29 is 38.8 Å². The van der Waals surface area contributed by atoms with Crippen molar-refractivity contribution in [3.05, 3.63) is 117 Å². The van der Waals surface area contributed by atoms with E-state index in [9.17, 15) is 19.9 Å². The van der Waals surface area contributed by atoms with Gasteiger partial charge in [0, 0.05) is 28.4 Å². The third kappa shape index (κ3) is 7.41. The van der Waals surface area contributed by atoms with Gasteiger partial charge in [-0.25, -0.2) is 9.59 Å². The zero-order chi connectivity index (χ0) is 34.7. The molecule has 7 rings (SSSR count). The van der Waals surface area contributed by atoms with Gasteiger partial charge in [0.25, 0.3) is 0 Å². The van der Waals surface area contributed by atoms with Gasteiger partial charge in [-0.1, -0.05) is 59.6 Å². The molecule has 10 nitrogen and oxygen atoms in total. The number of benzene rings is 3. The van der Waals surface area contributed by atoms with E-state index in [1.165, 1.54) is 26.6 Å². The van der Waals surface area contributed by atoms with Gasteiger partial charge < -0.3 is 19.3 Å². The van der Waals surface area contributed by atoms with Gasteiger partial charge in [0.2, 0.25) is 12.4 Å². The van der Waals surface area contributed by atoms with E-state index < -0.39 is 18.0 Å². The van der Waals surface area contributed by atoms with Crippen LogP contribution in [0.15, 0.2) is 79.1 Å². The number of anilines is 1. The number of amides is 1. The molecule has 0 aliphatic carbocycles. The van der Waals surface area contributed by atoms with Crippen molar-refractivity contribution in [1.29, 1.82) is 0 Å². The fourth-order valence-electron chi connectivity index (χ4n) is 7.02. The number of ether oxygens (including phenoxy) is 3. The summed E-state index contributed by atoms with van der Waals surface area (Å²) in [6.45, 7) is 2.75. The zero-order valence-electron chi connectivity index (χ0n) is 27.2. The fourth-order valence-corrected chi connectivity index (χ4v) is 7.63. The SMILES string of the molecule is COc1ccc([C@@H](Cc2c(Cl)c[n+](O)cc2Cl)c2c(CN(C(=O)O[C@H]3CN4CCC3CC4)c3ccccc3)cccc2C(=O)O)cc1OC. The first-order valence-corrected chi connectivity index (χ1v) is 16.8. The lowest BCUT2D eigenvalue weighted by Gasteiger charge is -2.44. The number of piperidine rings is 3. The first kappa shape index (κ1) is 34.4. The number of carboxylic acids is 1. The predicted octanol–water partition coefficient (Wildman–Crippen LogP) is 6.85. The van der Waals surface area contributed by atoms with Crippen LogP contribution in [0.3, 0.4) is 0 Å². The van der Waals surface area contributed by atoms with Gasteiger partial charge >= 0.3 is 12.1 Å². The second kappa shape index (κ2) is 14.9. The maximum absolute atomic E-state index is 14.1. The number of fused-ring (bicyclic) bond motifs is 3. The van der Waals surface area contributed by atoms with E-state index in [-0.39, 0.29) is 34.7 Å². The molecule has 0 spiro atoms. The van der Waals surface area contributed by atoms with Crippen molar-refractivity contribution in [2.75, 3.05) is 38.8 Å². The summed E-state index contributed by atoms with van der Waals surface area (Å²) in [6.07, 6.45) is 4.05. The Kier molecular flexibility index (Phi) is 10.5. The first-order valence-electron chi connectivity index (χ1n) is 16.1. The third-order valence-corrected chi connectivity index (χ3v) is 10.2. The molecule has 2 atom stereocenters. The number of rotatable bonds is 11. The highest BCUT2D eigenvalue weighted by Crippen LogP contribution is 2.41. The second-order valence-corrected chi connectivity index (χ2v) is 13.2. The van der Waals surface area contributed by atoms with Gasteiger partial charge in [-0.3, -0.25) is 15.0 Å². The Balaban J connectivity index is 1.48. The van der Waals surface area contributed by atoms with Crippen LogP contribution >= 0.6 is 23.2 Å². The molecule has 49 heavy (non-hydrogen) atoms. The zero-order valence-corrected chi connectivity index (χ0v) is 28.7. The fraction of sp³-hybridized carbons (Fsp3) is 0.324.